The molecule has 1 aromatic carbocycles. The zero-order valence-corrected chi connectivity index (χ0v) is 11.5. The summed E-state index contributed by atoms with van der Waals surface area (Å²) in [5.41, 5.74) is 0.992. The molecule has 2 saturated heterocycles. The molecule has 18 heavy (non-hydrogen) atoms. The largest absolute Gasteiger partial charge is 0.363 e. The van der Waals surface area contributed by atoms with Gasteiger partial charge in [-0.3, -0.25) is 4.79 Å². The Balaban J connectivity index is 2.00. The van der Waals surface area contributed by atoms with Crippen molar-refractivity contribution < 1.29 is 4.79 Å². The van der Waals surface area contributed by atoms with Crippen LogP contribution >= 0.6 is 23.2 Å². The maximum absolute atomic E-state index is 11.7. The Kier molecular flexibility index (Phi) is 3.25. The summed E-state index contributed by atoms with van der Waals surface area (Å²) in [6.07, 6.45) is 4.66. The maximum atomic E-state index is 11.7. The standard InChI is InChI=1S/C14H15Cl2NO/c15-9-4-5-13(16)14(6-9)17-10-2-1-3-11(17)8-12(18)7-10/h4-6,10-11H,1-3,7-8H2. The molecule has 3 rings (SSSR count). The molecule has 2 atom stereocenters. The minimum atomic E-state index is 0.306. The molecule has 0 aliphatic carbocycles. The van der Waals surface area contributed by atoms with Gasteiger partial charge < -0.3 is 4.90 Å². The minimum Gasteiger partial charge on any atom is -0.363 e. The Bertz CT molecular complexity index is 473. The maximum Gasteiger partial charge on any atom is 0.137 e. The van der Waals surface area contributed by atoms with E-state index in [1.807, 2.05) is 12.1 Å². The molecule has 4 heteroatoms. The van der Waals surface area contributed by atoms with Crippen molar-refractivity contribution in [1.29, 1.82) is 0 Å². The fourth-order valence-electron chi connectivity index (χ4n) is 3.25. The first-order valence-electron chi connectivity index (χ1n) is 6.40. The van der Waals surface area contributed by atoms with E-state index in [0.29, 0.717) is 35.7 Å². The van der Waals surface area contributed by atoms with E-state index in [9.17, 15) is 4.79 Å². The van der Waals surface area contributed by atoms with E-state index >= 15 is 0 Å². The van der Waals surface area contributed by atoms with E-state index in [1.165, 1.54) is 6.42 Å². The van der Waals surface area contributed by atoms with Gasteiger partial charge in [-0.1, -0.05) is 23.2 Å². The van der Waals surface area contributed by atoms with Gasteiger partial charge in [0, 0.05) is 29.9 Å². The number of halogens is 2. The zero-order chi connectivity index (χ0) is 12.7. The van der Waals surface area contributed by atoms with Gasteiger partial charge in [0.15, 0.2) is 0 Å². The Morgan fingerprint density at radius 2 is 1.78 bits per heavy atom. The zero-order valence-electron chi connectivity index (χ0n) is 10.0. The number of hydrogen-bond acceptors (Lipinski definition) is 2. The van der Waals surface area contributed by atoms with Crippen LogP contribution in [0, 0.1) is 0 Å². The van der Waals surface area contributed by atoms with Crippen LogP contribution in [0.15, 0.2) is 18.2 Å². The monoisotopic (exact) mass is 283 g/mol. The van der Waals surface area contributed by atoms with Crippen LogP contribution in [-0.2, 0) is 4.79 Å². The molecular formula is C14H15Cl2NO. The van der Waals surface area contributed by atoms with Crippen LogP contribution in [0.4, 0.5) is 5.69 Å². The third kappa shape index (κ3) is 2.12. The minimum absolute atomic E-state index is 0.306. The number of Topliss-reactive ketones (excluding diaryl/α,β-unsaturated/α-hetero) is 1. The number of nitrogens with zero attached hydrogens (tertiary/aromatic N) is 1. The summed E-state index contributed by atoms with van der Waals surface area (Å²) in [7, 11) is 0. The first-order chi connectivity index (χ1) is 8.65. The van der Waals surface area contributed by atoms with Gasteiger partial charge in [-0.2, -0.15) is 0 Å². The molecule has 0 spiro atoms. The van der Waals surface area contributed by atoms with Gasteiger partial charge in [-0.05, 0) is 37.5 Å². The summed E-state index contributed by atoms with van der Waals surface area (Å²) >= 11 is 12.4. The molecule has 1 aromatic rings. The van der Waals surface area contributed by atoms with E-state index in [2.05, 4.69) is 4.90 Å². The van der Waals surface area contributed by atoms with Gasteiger partial charge in [0.2, 0.25) is 0 Å². The lowest BCUT2D eigenvalue weighted by Crippen LogP contribution is -2.52. The normalized spacial score (nSPS) is 27.4. The highest BCUT2D eigenvalue weighted by Gasteiger charge is 2.38. The first kappa shape index (κ1) is 12.3. The molecule has 2 aliphatic rings. The van der Waals surface area contributed by atoms with Crippen molar-refractivity contribution in [2.45, 2.75) is 44.2 Å². The quantitative estimate of drug-likeness (QED) is 0.774. The van der Waals surface area contributed by atoms with Gasteiger partial charge in [0.25, 0.3) is 0 Å². The van der Waals surface area contributed by atoms with Crippen molar-refractivity contribution in [1.82, 2.24) is 0 Å². The lowest BCUT2D eigenvalue weighted by Gasteiger charge is -2.47. The van der Waals surface area contributed by atoms with Crippen LogP contribution < -0.4 is 4.90 Å². The molecule has 0 radical (unpaired) electrons. The smallest absolute Gasteiger partial charge is 0.137 e. The van der Waals surface area contributed by atoms with Crippen LogP contribution in [0.2, 0.25) is 10.0 Å². The van der Waals surface area contributed by atoms with E-state index in [-0.39, 0.29) is 0 Å². The van der Waals surface area contributed by atoms with Crippen LogP contribution in [0.3, 0.4) is 0 Å². The third-order valence-electron chi connectivity index (χ3n) is 3.97. The number of piperidine rings is 2. The first-order valence-corrected chi connectivity index (χ1v) is 7.16. The Labute approximate surface area is 117 Å². The fraction of sp³-hybridized carbons (Fsp3) is 0.500. The predicted octanol–water partition coefficient (Wildman–Crippen LogP) is 4.08. The average Bonchev–Trinajstić information content (AvgIpc) is 2.31. The van der Waals surface area contributed by atoms with Crippen LogP contribution in [0.1, 0.15) is 32.1 Å². The molecule has 0 aromatic heterocycles. The van der Waals surface area contributed by atoms with Crippen molar-refractivity contribution in [2.75, 3.05) is 4.90 Å². The molecule has 2 bridgehead atoms. The highest BCUT2D eigenvalue weighted by molar-refractivity contribution is 6.35. The second-order valence-electron chi connectivity index (χ2n) is 5.19. The number of benzene rings is 1. The molecular weight excluding hydrogens is 269 g/mol. The molecule has 2 aliphatic heterocycles. The average molecular weight is 284 g/mol. The van der Waals surface area contributed by atoms with Gasteiger partial charge >= 0.3 is 0 Å². The van der Waals surface area contributed by atoms with Gasteiger partial charge in [0.05, 0.1) is 10.7 Å². The fourth-order valence-corrected chi connectivity index (χ4v) is 3.63. The third-order valence-corrected chi connectivity index (χ3v) is 4.53. The summed E-state index contributed by atoms with van der Waals surface area (Å²) in [6.45, 7) is 0. The van der Waals surface area contributed by atoms with Crippen molar-refractivity contribution >= 4 is 34.7 Å². The van der Waals surface area contributed by atoms with Crippen LogP contribution in [-0.4, -0.2) is 17.9 Å². The number of anilines is 1. The Morgan fingerprint density at radius 1 is 1.11 bits per heavy atom. The summed E-state index contributed by atoms with van der Waals surface area (Å²) in [4.78, 5) is 14.1. The molecule has 0 saturated carbocycles. The summed E-state index contributed by atoms with van der Waals surface area (Å²) in [5.74, 6) is 0.388. The lowest BCUT2D eigenvalue weighted by molar-refractivity contribution is -0.121. The molecule has 96 valence electrons. The van der Waals surface area contributed by atoms with Crippen molar-refractivity contribution in [3.63, 3.8) is 0 Å². The highest BCUT2D eigenvalue weighted by atomic mass is 35.5. The van der Waals surface area contributed by atoms with Crippen LogP contribution in [0.5, 0.6) is 0 Å². The number of carbonyl (C=O) groups excluding carboxylic acids is 1. The van der Waals surface area contributed by atoms with E-state index in [0.717, 1.165) is 23.6 Å². The summed E-state index contributed by atoms with van der Waals surface area (Å²) < 4.78 is 0. The Hall–Kier alpha value is -0.730. The SMILES string of the molecule is O=C1CC2CCCC(C1)N2c1cc(Cl)ccc1Cl. The van der Waals surface area contributed by atoms with Gasteiger partial charge in [0.1, 0.15) is 5.78 Å². The second kappa shape index (κ2) is 4.75. The van der Waals surface area contributed by atoms with E-state index in [4.69, 9.17) is 23.2 Å². The lowest BCUT2D eigenvalue weighted by atomic mass is 9.83. The molecule has 0 amide bonds. The topological polar surface area (TPSA) is 20.3 Å². The predicted molar refractivity (Wildman–Crippen MR) is 74.6 cm³/mol. The van der Waals surface area contributed by atoms with Crippen molar-refractivity contribution in [3.8, 4) is 0 Å². The number of carbonyl (C=O) groups is 1. The number of fused-ring (bicyclic) bond motifs is 2. The summed E-state index contributed by atoms with van der Waals surface area (Å²) in [5, 5.41) is 1.43. The van der Waals surface area contributed by atoms with Gasteiger partial charge in [-0.15, -0.1) is 0 Å². The number of ketones is 1. The molecule has 2 fully saturated rings. The van der Waals surface area contributed by atoms with Crippen molar-refractivity contribution in [2.24, 2.45) is 0 Å². The molecule has 2 nitrogen and oxygen atoms in total. The molecule has 0 N–H and O–H groups in total. The molecule has 2 unspecified atom stereocenters. The number of rotatable bonds is 1. The summed E-state index contributed by atoms with van der Waals surface area (Å²) in [6, 6.07) is 6.18. The van der Waals surface area contributed by atoms with E-state index < -0.39 is 0 Å². The molecule has 2 heterocycles. The number of hydrogen-bond donors (Lipinski definition) is 0. The Morgan fingerprint density at radius 3 is 2.44 bits per heavy atom. The van der Waals surface area contributed by atoms with Gasteiger partial charge in [-0.25, -0.2) is 0 Å². The van der Waals surface area contributed by atoms with Crippen LogP contribution in [0.25, 0.3) is 0 Å². The van der Waals surface area contributed by atoms with Crippen molar-refractivity contribution in [3.05, 3.63) is 28.2 Å². The second-order valence-corrected chi connectivity index (χ2v) is 6.03. The van der Waals surface area contributed by atoms with E-state index in [1.54, 1.807) is 6.07 Å². The highest BCUT2D eigenvalue weighted by Crippen LogP contribution is 2.40.